The molecule has 0 saturated heterocycles. The number of nitrogens with zero attached hydrogens (tertiary/aromatic N) is 2. The van der Waals surface area contributed by atoms with Crippen LogP contribution in [0.5, 0.6) is 5.75 Å². The summed E-state index contributed by atoms with van der Waals surface area (Å²) in [6.07, 6.45) is 0. The molecule has 2 aromatic rings. The van der Waals surface area contributed by atoms with Crippen LogP contribution in [0.25, 0.3) is 11.1 Å². The molecule has 0 saturated carbocycles. The van der Waals surface area contributed by atoms with Gasteiger partial charge in [0.25, 0.3) is 5.71 Å². The van der Waals surface area contributed by atoms with Gasteiger partial charge in [-0.2, -0.15) is 5.10 Å². The van der Waals surface area contributed by atoms with Crippen LogP contribution in [0.2, 0.25) is 0 Å². The molecule has 0 fully saturated rings. The zero-order valence-electron chi connectivity index (χ0n) is 8.66. The third kappa shape index (κ3) is 1.27. The first-order chi connectivity index (χ1) is 7.02. The van der Waals surface area contributed by atoms with Crippen molar-refractivity contribution >= 4 is 11.1 Å². The first-order valence-corrected chi connectivity index (χ1v) is 4.48. The number of aryl methyl sites for hydroxylation is 2. The van der Waals surface area contributed by atoms with E-state index in [0.29, 0.717) is 11.1 Å². The first kappa shape index (κ1) is 9.64. The van der Waals surface area contributed by atoms with Crippen LogP contribution in [0.3, 0.4) is 0 Å². The fourth-order valence-corrected chi connectivity index (χ4v) is 1.39. The van der Waals surface area contributed by atoms with Gasteiger partial charge in [-0.25, -0.2) is 4.79 Å². The fourth-order valence-electron chi connectivity index (χ4n) is 1.39. The molecule has 78 valence electrons. The lowest BCUT2D eigenvalue weighted by Crippen LogP contribution is -2.06. The van der Waals surface area contributed by atoms with E-state index >= 15 is 0 Å². The molecule has 2 heterocycles. The molecule has 0 radical (unpaired) electrons. The Hall–Kier alpha value is -1.91. The maximum Gasteiger partial charge on any atom is 0.344 e. The number of aromatic nitrogens is 2. The van der Waals surface area contributed by atoms with Crippen LogP contribution in [0.15, 0.2) is 9.21 Å². The van der Waals surface area contributed by atoms with E-state index in [9.17, 15) is 9.90 Å². The summed E-state index contributed by atoms with van der Waals surface area (Å²) in [5.74, 6) is -0.0725. The van der Waals surface area contributed by atoms with Crippen LogP contribution in [0, 0.1) is 20.8 Å². The molecule has 2 rings (SSSR count). The number of hydrogen-bond acceptors (Lipinski definition) is 5. The van der Waals surface area contributed by atoms with Crippen molar-refractivity contribution in [3.05, 3.63) is 27.2 Å². The maximum atomic E-state index is 11.3. The van der Waals surface area contributed by atoms with Gasteiger partial charge in [0.05, 0.1) is 16.6 Å². The summed E-state index contributed by atoms with van der Waals surface area (Å²) in [5.41, 5.74) is 1.15. The Labute approximate surface area is 85.4 Å². The predicted molar refractivity (Wildman–Crippen MR) is 53.9 cm³/mol. The second-order valence-electron chi connectivity index (χ2n) is 3.45. The molecule has 0 bridgehead atoms. The van der Waals surface area contributed by atoms with Gasteiger partial charge in [0.2, 0.25) is 0 Å². The normalized spacial score (nSPS) is 10.9. The highest BCUT2D eigenvalue weighted by molar-refractivity contribution is 5.84. The minimum atomic E-state index is -0.586. The van der Waals surface area contributed by atoms with Gasteiger partial charge in [0.1, 0.15) is 5.75 Å². The number of rotatable bonds is 0. The van der Waals surface area contributed by atoms with E-state index < -0.39 is 5.63 Å². The minimum Gasteiger partial charge on any atom is -0.507 e. The highest BCUT2D eigenvalue weighted by Gasteiger charge is 2.14. The third-order valence-electron chi connectivity index (χ3n) is 2.51. The summed E-state index contributed by atoms with van der Waals surface area (Å²) in [6.45, 7) is 5.09. The van der Waals surface area contributed by atoms with Gasteiger partial charge in [-0.1, -0.05) is 0 Å². The quantitative estimate of drug-likeness (QED) is 0.701. The van der Waals surface area contributed by atoms with E-state index in [1.54, 1.807) is 13.8 Å². The molecular weight excluding hydrogens is 196 g/mol. The van der Waals surface area contributed by atoms with Gasteiger partial charge in [0, 0.05) is 0 Å². The number of aromatic hydroxyl groups is 1. The molecule has 0 unspecified atom stereocenters. The van der Waals surface area contributed by atoms with Crippen molar-refractivity contribution in [2.75, 3.05) is 0 Å². The summed E-state index contributed by atoms with van der Waals surface area (Å²) in [7, 11) is 0. The van der Waals surface area contributed by atoms with Gasteiger partial charge < -0.3 is 9.52 Å². The maximum absolute atomic E-state index is 11.3. The number of hydrogen-bond donors (Lipinski definition) is 1. The van der Waals surface area contributed by atoms with Crippen molar-refractivity contribution in [2.45, 2.75) is 20.8 Å². The van der Waals surface area contributed by atoms with Crippen LogP contribution < -0.4 is 5.63 Å². The largest absolute Gasteiger partial charge is 0.507 e. The highest BCUT2D eigenvalue weighted by Crippen LogP contribution is 2.27. The molecule has 1 N–H and O–H groups in total. The SMILES string of the molecule is Cc1nnc2oc(=O)c(C)c(O)c2c1C. The Balaban J connectivity index is 3.07. The van der Waals surface area contributed by atoms with Crippen molar-refractivity contribution in [1.82, 2.24) is 10.2 Å². The van der Waals surface area contributed by atoms with Crippen molar-refractivity contribution in [2.24, 2.45) is 0 Å². The topological polar surface area (TPSA) is 76.2 Å². The molecule has 0 atom stereocenters. The van der Waals surface area contributed by atoms with Crippen LogP contribution >= 0.6 is 0 Å². The lowest BCUT2D eigenvalue weighted by molar-refractivity contribution is 0.457. The Kier molecular flexibility index (Phi) is 1.96. The Morgan fingerprint density at radius 1 is 1.13 bits per heavy atom. The molecule has 0 spiro atoms. The van der Waals surface area contributed by atoms with E-state index in [1.165, 1.54) is 6.92 Å². The monoisotopic (exact) mass is 206 g/mol. The molecule has 0 aliphatic carbocycles. The number of fused-ring (bicyclic) bond motifs is 1. The first-order valence-electron chi connectivity index (χ1n) is 4.48. The average Bonchev–Trinajstić information content (AvgIpc) is 2.20. The summed E-state index contributed by atoms with van der Waals surface area (Å²) >= 11 is 0. The van der Waals surface area contributed by atoms with Crippen LogP contribution in [-0.2, 0) is 0 Å². The van der Waals surface area contributed by atoms with Crippen molar-refractivity contribution in [3.63, 3.8) is 0 Å². The average molecular weight is 206 g/mol. The summed E-state index contributed by atoms with van der Waals surface area (Å²) in [5, 5.41) is 17.8. The van der Waals surface area contributed by atoms with Gasteiger partial charge in [-0.05, 0) is 26.3 Å². The highest BCUT2D eigenvalue weighted by atomic mass is 16.4. The lowest BCUT2D eigenvalue weighted by Gasteiger charge is -2.05. The smallest absolute Gasteiger partial charge is 0.344 e. The Bertz CT molecular complexity index is 602. The standard InChI is InChI=1S/C10H10N2O3/c1-4-6(3)11-12-9-7(4)8(13)5(2)10(14)15-9/h13H,1-3H3. The fraction of sp³-hybridized carbons (Fsp3) is 0.300. The Morgan fingerprint density at radius 2 is 1.80 bits per heavy atom. The van der Waals surface area contributed by atoms with Gasteiger partial charge in [-0.15, -0.1) is 5.10 Å². The van der Waals surface area contributed by atoms with Crippen molar-refractivity contribution < 1.29 is 9.52 Å². The minimum absolute atomic E-state index is 0.0725. The van der Waals surface area contributed by atoms with E-state index in [-0.39, 0.29) is 17.0 Å². The van der Waals surface area contributed by atoms with E-state index in [0.717, 1.165) is 5.56 Å². The molecule has 5 heteroatoms. The van der Waals surface area contributed by atoms with Gasteiger partial charge >= 0.3 is 5.63 Å². The van der Waals surface area contributed by atoms with Crippen molar-refractivity contribution in [3.8, 4) is 5.75 Å². The second-order valence-corrected chi connectivity index (χ2v) is 3.45. The molecule has 0 aromatic carbocycles. The molecule has 0 amide bonds. The molecule has 2 aromatic heterocycles. The molecule has 0 aliphatic rings. The molecule has 5 nitrogen and oxygen atoms in total. The van der Waals surface area contributed by atoms with E-state index in [4.69, 9.17) is 4.42 Å². The van der Waals surface area contributed by atoms with Crippen LogP contribution in [-0.4, -0.2) is 15.3 Å². The van der Waals surface area contributed by atoms with Crippen LogP contribution in [0.4, 0.5) is 0 Å². The van der Waals surface area contributed by atoms with Crippen molar-refractivity contribution in [1.29, 1.82) is 0 Å². The van der Waals surface area contributed by atoms with Gasteiger partial charge in [0.15, 0.2) is 0 Å². The molecule has 0 aliphatic heterocycles. The summed E-state index contributed by atoms with van der Waals surface area (Å²) in [6, 6.07) is 0. The lowest BCUT2D eigenvalue weighted by atomic mass is 10.1. The zero-order chi connectivity index (χ0) is 11.2. The summed E-state index contributed by atoms with van der Waals surface area (Å²) in [4.78, 5) is 11.3. The molecule has 15 heavy (non-hydrogen) atoms. The van der Waals surface area contributed by atoms with Gasteiger partial charge in [-0.3, -0.25) is 0 Å². The Morgan fingerprint density at radius 3 is 2.47 bits per heavy atom. The van der Waals surface area contributed by atoms with E-state index in [1.807, 2.05) is 0 Å². The predicted octanol–water partition coefficient (Wildman–Crippen LogP) is 1.21. The second kappa shape index (κ2) is 3.05. The summed E-state index contributed by atoms with van der Waals surface area (Å²) < 4.78 is 4.92. The third-order valence-corrected chi connectivity index (χ3v) is 2.51. The zero-order valence-corrected chi connectivity index (χ0v) is 8.66. The van der Waals surface area contributed by atoms with Crippen LogP contribution in [0.1, 0.15) is 16.8 Å². The van der Waals surface area contributed by atoms with E-state index in [2.05, 4.69) is 10.2 Å². The molecular formula is C10H10N2O3.